The molecule has 3 atom stereocenters. The summed E-state index contributed by atoms with van der Waals surface area (Å²) >= 11 is 0. The fourth-order valence-corrected chi connectivity index (χ4v) is 4.40. The van der Waals surface area contributed by atoms with E-state index in [4.69, 9.17) is 0 Å². The number of nitrogens with one attached hydrogen (secondary N) is 1. The number of hydrogen-bond donors (Lipinski definition) is 1. The monoisotopic (exact) mass is 237 g/mol. The lowest BCUT2D eigenvalue weighted by Crippen LogP contribution is -2.45. The van der Waals surface area contributed by atoms with Crippen LogP contribution in [0.5, 0.6) is 0 Å². The van der Waals surface area contributed by atoms with E-state index in [1.807, 2.05) is 0 Å². The maximum absolute atomic E-state index is 3.91. The van der Waals surface area contributed by atoms with Crippen molar-refractivity contribution in [3.05, 3.63) is 0 Å². The first-order valence-corrected chi connectivity index (χ1v) is 7.69. The van der Waals surface area contributed by atoms with Crippen molar-refractivity contribution in [2.45, 2.75) is 72.8 Å². The molecule has 17 heavy (non-hydrogen) atoms. The summed E-state index contributed by atoms with van der Waals surface area (Å²) in [6.45, 7) is 13.4. The molecule has 0 amide bonds. The smallest absolute Gasteiger partial charge is 0.0129 e. The van der Waals surface area contributed by atoms with Crippen LogP contribution >= 0.6 is 0 Å². The highest BCUT2D eigenvalue weighted by molar-refractivity contribution is 5.12. The van der Waals surface area contributed by atoms with Crippen LogP contribution in [0, 0.1) is 22.7 Å². The lowest BCUT2D eigenvalue weighted by Gasteiger charge is -2.40. The first-order chi connectivity index (χ1) is 7.95. The van der Waals surface area contributed by atoms with Gasteiger partial charge in [0.05, 0.1) is 0 Å². The van der Waals surface area contributed by atoms with Crippen LogP contribution in [0.4, 0.5) is 0 Å². The second kappa shape index (κ2) is 4.57. The van der Waals surface area contributed by atoms with Crippen LogP contribution in [0.15, 0.2) is 0 Å². The molecule has 2 fully saturated rings. The summed E-state index contributed by atoms with van der Waals surface area (Å²) in [4.78, 5) is 0. The molecule has 0 aliphatic heterocycles. The third kappa shape index (κ3) is 1.95. The Morgan fingerprint density at radius 3 is 2.24 bits per heavy atom. The molecule has 0 spiro atoms. The fraction of sp³-hybridized carbons (Fsp3) is 1.00. The average molecular weight is 237 g/mol. The van der Waals surface area contributed by atoms with Gasteiger partial charge in [-0.2, -0.15) is 0 Å². The minimum absolute atomic E-state index is 0.545. The predicted molar refractivity (Wildman–Crippen MR) is 75.1 cm³/mol. The fourth-order valence-electron chi connectivity index (χ4n) is 4.40. The van der Waals surface area contributed by atoms with Crippen molar-refractivity contribution < 1.29 is 0 Å². The molecule has 100 valence electrons. The third-order valence-electron chi connectivity index (χ3n) is 6.60. The van der Waals surface area contributed by atoms with E-state index in [1.165, 1.54) is 38.6 Å². The van der Waals surface area contributed by atoms with E-state index < -0.39 is 0 Å². The van der Waals surface area contributed by atoms with Crippen LogP contribution in [-0.4, -0.2) is 12.6 Å². The molecule has 0 saturated heterocycles. The van der Waals surface area contributed by atoms with Crippen LogP contribution in [0.1, 0.15) is 66.7 Å². The van der Waals surface area contributed by atoms with E-state index in [0.717, 1.165) is 17.9 Å². The van der Waals surface area contributed by atoms with Crippen molar-refractivity contribution in [1.82, 2.24) is 5.32 Å². The molecule has 2 bridgehead atoms. The van der Waals surface area contributed by atoms with Crippen LogP contribution < -0.4 is 5.32 Å². The highest BCUT2D eigenvalue weighted by Gasteiger charge is 2.60. The highest BCUT2D eigenvalue weighted by atomic mass is 15.0. The molecule has 2 aliphatic carbocycles. The van der Waals surface area contributed by atoms with Gasteiger partial charge in [-0.15, -0.1) is 0 Å². The quantitative estimate of drug-likeness (QED) is 0.754. The zero-order chi connectivity index (χ0) is 12.7. The van der Waals surface area contributed by atoms with Crippen molar-refractivity contribution in [2.75, 3.05) is 6.54 Å². The Labute approximate surface area is 108 Å². The Bertz CT molecular complexity index is 267. The zero-order valence-electron chi connectivity index (χ0n) is 12.5. The van der Waals surface area contributed by atoms with Gasteiger partial charge in [-0.1, -0.05) is 47.5 Å². The van der Waals surface area contributed by atoms with Crippen molar-refractivity contribution in [1.29, 1.82) is 0 Å². The summed E-state index contributed by atoms with van der Waals surface area (Å²) in [7, 11) is 0. The molecular weight excluding hydrogens is 206 g/mol. The van der Waals surface area contributed by atoms with Gasteiger partial charge in [-0.25, -0.2) is 0 Å². The standard InChI is InChI=1S/C16H31N/c1-6-12(7-2)11-17-14-10-13-8-9-16(14,5)15(13,3)4/h12-14,17H,6-11H2,1-5H3. The summed E-state index contributed by atoms with van der Waals surface area (Å²) in [6, 6.07) is 0.775. The van der Waals surface area contributed by atoms with E-state index in [1.54, 1.807) is 0 Å². The molecule has 1 nitrogen and oxygen atoms in total. The maximum atomic E-state index is 3.91. The molecule has 1 heteroatoms. The van der Waals surface area contributed by atoms with E-state index in [9.17, 15) is 0 Å². The summed E-state index contributed by atoms with van der Waals surface area (Å²) in [6.07, 6.45) is 6.96. The lowest BCUT2D eigenvalue weighted by atomic mass is 9.69. The molecular formula is C16H31N. The maximum Gasteiger partial charge on any atom is 0.0129 e. The second-order valence-corrected chi connectivity index (χ2v) is 7.25. The van der Waals surface area contributed by atoms with Crippen molar-refractivity contribution in [3.8, 4) is 0 Å². The highest BCUT2D eigenvalue weighted by Crippen LogP contribution is 2.65. The van der Waals surface area contributed by atoms with Gasteiger partial charge in [-0.3, -0.25) is 0 Å². The predicted octanol–water partition coefficient (Wildman–Crippen LogP) is 4.23. The van der Waals surface area contributed by atoms with Gasteiger partial charge >= 0.3 is 0 Å². The molecule has 0 aromatic rings. The second-order valence-electron chi connectivity index (χ2n) is 7.25. The molecule has 1 N–H and O–H groups in total. The Balaban J connectivity index is 1.96. The minimum atomic E-state index is 0.545. The minimum Gasteiger partial charge on any atom is -0.313 e. The van der Waals surface area contributed by atoms with E-state index >= 15 is 0 Å². The van der Waals surface area contributed by atoms with Gasteiger partial charge in [0, 0.05) is 6.04 Å². The molecule has 0 aromatic carbocycles. The van der Waals surface area contributed by atoms with Crippen LogP contribution in [-0.2, 0) is 0 Å². The Morgan fingerprint density at radius 1 is 1.18 bits per heavy atom. The normalized spacial score (nSPS) is 39.2. The Kier molecular flexibility index (Phi) is 3.60. The molecule has 2 saturated carbocycles. The Hall–Kier alpha value is -0.0400. The number of rotatable bonds is 5. The topological polar surface area (TPSA) is 12.0 Å². The van der Waals surface area contributed by atoms with Gasteiger partial charge in [0.15, 0.2) is 0 Å². The van der Waals surface area contributed by atoms with Crippen LogP contribution in [0.25, 0.3) is 0 Å². The molecule has 0 radical (unpaired) electrons. The van der Waals surface area contributed by atoms with Crippen molar-refractivity contribution in [2.24, 2.45) is 22.7 Å². The molecule has 0 aromatic heterocycles. The van der Waals surface area contributed by atoms with Gasteiger partial charge in [0.25, 0.3) is 0 Å². The summed E-state index contributed by atoms with van der Waals surface area (Å²) < 4.78 is 0. The first-order valence-electron chi connectivity index (χ1n) is 7.69. The third-order valence-corrected chi connectivity index (χ3v) is 6.60. The van der Waals surface area contributed by atoms with Crippen molar-refractivity contribution >= 4 is 0 Å². The number of fused-ring (bicyclic) bond motifs is 2. The largest absolute Gasteiger partial charge is 0.313 e. The summed E-state index contributed by atoms with van der Waals surface area (Å²) in [5.74, 6) is 1.84. The average Bonchev–Trinajstić information content (AvgIpc) is 2.63. The number of hydrogen-bond acceptors (Lipinski definition) is 1. The summed E-state index contributed by atoms with van der Waals surface area (Å²) in [5, 5.41) is 3.91. The summed E-state index contributed by atoms with van der Waals surface area (Å²) in [5.41, 5.74) is 1.10. The SMILES string of the molecule is CCC(CC)CNC1CC2CCC1(C)C2(C)C. The van der Waals surface area contributed by atoms with E-state index in [2.05, 4.69) is 39.9 Å². The van der Waals surface area contributed by atoms with E-state index in [-0.39, 0.29) is 0 Å². The van der Waals surface area contributed by atoms with Gasteiger partial charge in [0.2, 0.25) is 0 Å². The van der Waals surface area contributed by atoms with Crippen LogP contribution in [0.3, 0.4) is 0 Å². The molecule has 0 heterocycles. The Morgan fingerprint density at radius 2 is 1.82 bits per heavy atom. The lowest BCUT2D eigenvalue weighted by molar-refractivity contribution is 0.118. The van der Waals surface area contributed by atoms with E-state index in [0.29, 0.717) is 10.8 Å². The van der Waals surface area contributed by atoms with Gasteiger partial charge in [-0.05, 0) is 48.5 Å². The molecule has 2 rings (SSSR count). The van der Waals surface area contributed by atoms with Gasteiger partial charge in [0.1, 0.15) is 0 Å². The molecule has 3 unspecified atom stereocenters. The van der Waals surface area contributed by atoms with Crippen molar-refractivity contribution in [3.63, 3.8) is 0 Å². The molecule has 2 aliphatic rings. The van der Waals surface area contributed by atoms with Crippen LogP contribution in [0.2, 0.25) is 0 Å². The first kappa shape index (κ1) is 13.4. The van der Waals surface area contributed by atoms with Gasteiger partial charge < -0.3 is 5.32 Å². The zero-order valence-corrected chi connectivity index (χ0v) is 12.5.